The van der Waals surface area contributed by atoms with E-state index in [0.717, 1.165) is 6.42 Å². The second kappa shape index (κ2) is 5.57. The van der Waals surface area contributed by atoms with Crippen LogP contribution in [-0.2, 0) is 11.3 Å². The molecule has 0 bridgehead atoms. The third kappa shape index (κ3) is 2.97. The number of rotatable bonds is 3. The van der Waals surface area contributed by atoms with Gasteiger partial charge in [0.25, 0.3) is 0 Å². The van der Waals surface area contributed by atoms with Crippen LogP contribution in [-0.4, -0.2) is 22.8 Å². The van der Waals surface area contributed by atoms with E-state index < -0.39 is 18.4 Å². The Morgan fingerprint density at radius 2 is 1.82 bits per heavy atom. The lowest BCUT2D eigenvalue weighted by Gasteiger charge is -2.22. The zero-order valence-electron chi connectivity index (χ0n) is 12.1. The van der Waals surface area contributed by atoms with Crippen LogP contribution in [0.4, 0.5) is 13.2 Å². The van der Waals surface area contributed by atoms with E-state index in [-0.39, 0.29) is 5.71 Å². The zero-order chi connectivity index (χ0) is 15.8. The maximum Gasteiger partial charge on any atom is 0.458 e. The first-order chi connectivity index (χ1) is 10.4. The third-order valence-electron chi connectivity index (χ3n) is 4.44. The Hall–Kier alpha value is -1.56. The van der Waals surface area contributed by atoms with Gasteiger partial charge in [-0.2, -0.15) is 13.2 Å². The molecule has 0 saturated heterocycles. The normalized spacial score (nSPS) is 26.1. The molecule has 120 valence electrons. The maximum absolute atomic E-state index is 12.7. The van der Waals surface area contributed by atoms with Gasteiger partial charge in [-0.05, 0) is 23.5 Å². The van der Waals surface area contributed by atoms with Crippen LogP contribution < -0.4 is 0 Å². The van der Waals surface area contributed by atoms with Gasteiger partial charge in [0.2, 0.25) is 0 Å². The molecule has 2 aliphatic rings. The van der Waals surface area contributed by atoms with E-state index in [1.54, 1.807) is 12.1 Å². The molecule has 1 aromatic rings. The van der Waals surface area contributed by atoms with Crippen LogP contribution in [0.15, 0.2) is 29.4 Å². The Labute approximate surface area is 126 Å². The van der Waals surface area contributed by atoms with E-state index in [9.17, 15) is 18.3 Å². The molecule has 6 heteroatoms. The van der Waals surface area contributed by atoms with Crippen molar-refractivity contribution in [3.05, 3.63) is 35.4 Å². The number of nitrogens with zero attached hydrogens (tertiary/aromatic N) is 1. The summed E-state index contributed by atoms with van der Waals surface area (Å²) < 4.78 is 38.0. The summed E-state index contributed by atoms with van der Waals surface area (Å²) in [5, 5.41) is 12.8. The fourth-order valence-electron chi connectivity index (χ4n) is 3.11. The smallest absolute Gasteiger partial charge is 0.350 e. The van der Waals surface area contributed by atoms with Gasteiger partial charge in [0.15, 0.2) is 0 Å². The van der Waals surface area contributed by atoms with Crippen molar-refractivity contribution in [1.82, 2.24) is 0 Å². The van der Waals surface area contributed by atoms with Gasteiger partial charge in [-0.3, -0.25) is 0 Å². The van der Waals surface area contributed by atoms with Gasteiger partial charge in [0, 0.05) is 0 Å². The highest BCUT2D eigenvalue weighted by molar-refractivity contribution is 6.01. The highest BCUT2D eigenvalue weighted by Crippen LogP contribution is 2.39. The first kappa shape index (κ1) is 15.3. The number of hydrogen-bond donors (Lipinski definition) is 1. The zero-order valence-corrected chi connectivity index (χ0v) is 12.1. The van der Waals surface area contributed by atoms with Crippen molar-refractivity contribution in [3.8, 4) is 0 Å². The average molecular weight is 313 g/mol. The monoisotopic (exact) mass is 313 g/mol. The second-order valence-electron chi connectivity index (χ2n) is 6.14. The quantitative estimate of drug-likeness (QED) is 0.922. The lowest BCUT2D eigenvalue weighted by molar-refractivity contribution is -0.355. The molecule has 1 atom stereocenters. The van der Waals surface area contributed by atoms with E-state index in [4.69, 9.17) is 0 Å². The molecular weight excluding hydrogens is 295 g/mol. The summed E-state index contributed by atoms with van der Waals surface area (Å²) in [6.45, 7) is 0. The van der Waals surface area contributed by atoms with Crippen LogP contribution in [0.3, 0.4) is 0 Å². The number of oxime groups is 1. The molecule has 0 amide bonds. The molecule has 1 aromatic carbocycles. The molecular formula is C16H18F3NO2. The average Bonchev–Trinajstić information content (AvgIpc) is 3.09. The highest BCUT2D eigenvalue weighted by atomic mass is 19.4. The van der Waals surface area contributed by atoms with Crippen LogP contribution in [0.1, 0.15) is 43.2 Å². The molecule has 3 rings (SSSR count). The fraction of sp³-hybridized carbons (Fsp3) is 0.562. The van der Waals surface area contributed by atoms with E-state index in [2.05, 4.69) is 9.99 Å². The highest BCUT2D eigenvalue weighted by Gasteiger charge is 2.60. The molecule has 1 aliphatic carbocycles. The van der Waals surface area contributed by atoms with Gasteiger partial charge in [-0.1, -0.05) is 55.1 Å². The number of alkyl halides is 3. The van der Waals surface area contributed by atoms with E-state index in [1.807, 2.05) is 12.1 Å². The topological polar surface area (TPSA) is 41.8 Å². The van der Waals surface area contributed by atoms with Gasteiger partial charge in [-0.15, -0.1) is 0 Å². The first-order valence-electron chi connectivity index (χ1n) is 7.51. The molecule has 3 nitrogen and oxygen atoms in total. The Morgan fingerprint density at radius 1 is 1.18 bits per heavy atom. The van der Waals surface area contributed by atoms with Gasteiger partial charge in [-0.25, -0.2) is 0 Å². The summed E-state index contributed by atoms with van der Waals surface area (Å²) in [6.07, 6.45) is 0.538. The van der Waals surface area contributed by atoms with Crippen LogP contribution in [0, 0.1) is 5.92 Å². The van der Waals surface area contributed by atoms with Crippen molar-refractivity contribution in [3.63, 3.8) is 0 Å². The van der Waals surface area contributed by atoms with Gasteiger partial charge < -0.3 is 9.94 Å². The Bertz CT molecular complexity index is 562. The van der Waals surface area contributed by atoms with Gasteiger partial charge in [0.05, 0.1) is 12.1 Å². The van der Waals surface area contributed by atoms with Crippen LogP contribution >= 0.6 is 0 Å². The Kier molecular flexibility index (Phi) is 3.89. The summed E-state index contributed by atoms with van der Waals surface area (Å²) in [4.78, 5) is 4.23. The predicted octanol–water partition coefficient (Wildman–Crippen LogP) is 3.79. The van der Waals surface area contributed by atoms with E-state index in [0.29, 0.717) is 11.5 Å². The van der Waals surface area contributed by atoms with Crippen LogP contribution in [0.5, 0.6) is 0 Å². The largest absolute Gasteiger partial charge is 0.458 e. The number of halogens is 3. The Balaban J connectivity index is 1.66. The standard InChI is InChI=1S/C16H18F3NO2/c17-16(18,19)15(21)10-14(20-22-15)13-7-5-12(6-8-13)9-11-3-1-2-4-11/h5-8,11,21H,1-4,9-10H2. The molecule has 0 spiro atoms. The second-order valence-corrected chi connectivity index (χ2v) is 6.14. The van der Waals surface area contributed by atoms with Crippen molar-refractivity contribution in [1.29, 1.82) is 0 Å². The minimum absolute atomic E-state index is 0.118. The molecule has 1 saturated carbocycles. The maximum atomic E-state index is 12.7. The van der Waals surface area contributed by atoms with Gasteiger partial charge in [0.1, 0.15) is 0 Å². The summed E-state index contributed by atoms with van der Waals surface area (Å²) in [5.74, 6) is -2.49. The summed E-state index contributed by atoms with van der Waals surface area (Å²) in [7, 11) is 0. The Morgan fingerprint density at radius 3 is 2.36 bits per heavy atom. The third-order valence-corrected chi connectivity index (χ3v) is 4.44. The number of aliphatic hydroxyl groups is 1. The number of benzene rings is 1. The van der Waals surface area contributed by atoms with Crippen LogP contribution in [0.2, 0.25) is 0 Å². The number of hydrogen-bond acceptors (Lipinski definition) is 3. The van der Waals surface area contributed by atoms with Crippen molar-refractivity contribution < 1.29 is 23.1 Å². The van der Waals surface area contributed by atoms with Crippen molar-refractivity contribution in [2.24, 2.45) is 11.1 Å². The summed E-state index contributed by atoms with van der Waals surface area (Å²) in [5.41, 5.74) is 1.85. The molecule has 1 N–H and O–H groups in total. The van der Waals surface area contributed by atoms with Gasteiger partial charge >= 0.3 is 12.0 Å². The first-order valence-corrected chi connectivity index (χ1v) is 7.51. The molecule has 1 aliphatic heterocycles. The SMILES string of the molecule is OC1(C(F)(F)F)CC(c2ccc(CC3CCCC3)cc2)=NO1. The minimum atomic E-state index is -4.86. The van der Waals surface area contributed by atoms with Crippen molar-refractivity contribution in [2.75, 3.05) is 0 Å². The molecule has 0 radical (unpaired) electrons. The molecule has 1 heterocycles. The van der Waals surface area contributed by atoms with E-state index >= 15 is 0 Å². The van der Waals surface area contributed by atoms with Crippen LogP contribution in [0.25, 0.3) is 0 Å². The summed E-state index contributed by atoms with van der Waals surface area (Å²) >= 11 is 0. The lowest BCUT2D eigenvalue weighted by atomic mass is 9.95. The summed E-state index contributed by atoms with van der Waals surface area (Å²) in [6, 6.07) is 7.32. The molecule has 0 aromatic heterocycles. The molecule has 1 fully saturated rings. The minimum Gasteiger partial charge on any atom is -0.350 e. The fourth-order valence-corrected chi connectivity index (χ4v) is 3.11. The predicted molar refractivity (Wildman–Crippen MR) is 75.3 cm³/mol. The molecule has 1 unspecified atom stereocenters. The lowest BCUT2D eigenvalue weighted by Crippen LogP contribution is -2.45. The van der Waals surface area contributed by atoms with E-state index in [1.165, 1.54) is 31.2 Å². The molecule has 22 heavy (non-hydrogen) atoms. The van der Waals surface area contributed by atoms with Crippen molar-refractivity contribution in [2.45, 2.75) is 50.5 Å². The van der Waals surface area contributed by atoms with Crippen molar-refractivity contribution >= 4 is 5.71 Å².